The minimum absolute atomic E-state index is 0.769. The molecule has 0 spiro atoms. The third-order valence-corrected chi connectivity index (χ3v) is 4.99. The lowest BCUT2D eigenvalue weighted by molar-refractivity contribution is 0.244. The molecule has 4 rings (SSSR count). The number of aromatic nitrogens is 3. The molecule has 0 aliphatic carbocycles. The third kappa shape index (κ3) is 4.11. The van der Waals surface area contributed by atoms with E-state index in [2.05, 4.69) is 56.2 Å². The smallest absolute Gasteiger partial charge is 0.181 e. The zero-order valence-corrected chi connectivity index (χ0v) is 15.9. The summed E-state index contributed by atoms with van der Waals surface area (Å²) in [5.41, 5.74) is 3.52. The number of aryl methyl sites for hydroxylation is 1. The van der Waals surface area contributed by atoms with E-state index in [0.717, 1.165) is 55.7 Å². The molecule has 2 heterocycles. The van der Waals surface area contributed by atoms with Gasteiger partial charge < -0.3 is 9.64 Å². The van der Waals surface area contributed by atoms with Crippen LogP contribution < -0.4 is 9.64 Å². The molecule has 27 heavy (non-hydrogen) atoms. The van der Waals surface area contributed by atoms with Gasteiger partial charge in [0, 0.05) is 37.4 Å². The second-order valence-corrected chi connectivity index (χ2v) is 6.94. The summed E-state index contributed by atoms with van der Waals surface area (Å²) in [6.07, 6.45) is 0. The van der Waals surface area contributed by atoms with E-state index in [4.69, 9.17) is 4.74 Å². The number of aromatic amines is 1. The van der Waals surface area contributed by atoms with E-state index in [1.807, 2.05) is 24.3 Å². The van der Waals surface area contributed by atoms with Gasteiger partial charge in [-0.2, -0.15) is 5.10 Å². The van der Waals surface area contributed by atoms with Gasteiger partial charge in [0.05, 0.1) is 13.7 Å². The molecule has 0 atom stereocenters. The molecule has 0 radical (unpaired) electrons. The summed E-state index contributed by atoms with van der Waals surface area (Å²) in [5, 5.41) is 7.48. The highest BCUT2D eigenvalue weighted by Crippen LogP contribution is 2.21. The molecule has 0 amide bonds. The van der Waals surface area contributed by atoms with Crippen molar-refractivity contribution >= 4 is 5.69 Å². The Bertz CT molecular complexity index is 882. The first-order valence-electron chi connectivity index (χ1n) is 9.31. The lowest BCUT2D eigenvalue weighted by Crippen LogP contribution is -2.46. The Morgan fingerprint density at radius 1 is 1.04 bits per heavy atom. The third-order valence-electron chi connectivity index (χ3n) is 4.99. The number of benzene rings is 2. The van der Waals surface area contributed by atoms with Crippen LogP contribution in [0, 0.1) is 6.92 Å². The molecule has 6 heteroatoms. The van der Waals surface area contributed by atoms with Gasteiger partial charge in [-0.05, 0) is 37.3 Å². The molecular formula is C21H25N5O. The molecule has 140 valence electrons. The van der Waals surface area contributed by atoms with Crippen LogP contribution in [-0.2, 0) is 6.54 Å². The van der Waals surface area contributed by atoms with Gasteiger partial charge in [-0.3, -0.25) is 10.00 Å². The highest BCUT2D eigenvalue weighted by molar-refractivity contribution is 5.55. The van der Waals surface area contributed by atoms with Crippen LogP contribution in [0.25, 0.3) is 11.4 Å². The molecule has 1 aliphatic heterocycles. The zero-order valence-electron chi connectivity index (χ0n) is 15.9. The van der Waals surface area contributed by atoms with Crippen LogP contribution in [0.3, 0.4) is 0 Å². The van der Waals surface area contributed by atoms with Gasteiger partial charge in [-0.1, -0.05) is 23.8 Å². The van der Waals surface area contributed by atoms with E-state index in [1.165, 1.54) is 11.3 Å². The highest BCUT2D eigenvalue weighted by atomic mass is 16.5. The van der Waals surface area contributed by atoms with Gasteiger partial charge >= 0.3 is 0 Å². The molecular weight excluding hydrogens is 338 g/mol. The van der Waals surface area contributed by atoms with Crippen molar-refractivity contribution in [2.75, 3.05) is 38.2 Å². The van der Waals surface area contributed by atoms with Gasteiger partial charge in [-0.15, -0.1) is 0 Å². The molecule has 0 bridgehead atoms. The summed E-state index contributed by atoms with van der Waals surface area (Å²) in [6.45, 7) is 6.91. The van der Waals surface area contributed by atoms with Crippen molar-refractivity contribution in [3.8, 4) is 17.1 Å². The quantitative estimate of drug-likeness (QED) is 0.755. The van der Waals surface area contributed by atoms with Crippen molar-refractivity contribution < 1.29 is 4.74 Å². The van der Waals surface area contributed by atoms with Crippen LogP contribution in [0.5, 0.6) is 5.75 Å². The lowest BCUT2D eigenvalue weighted by Gasteiger charge is -2.35. The molecule has 1 aliphatic rings. The van der Waals surface area contributed by atoms with E-state index >= 15 is 0 Å². The summed E-state index contributed by atoms with van der Waals surface area (Å²) in [4.78, 5) is 9.50. The Labute approximate surface area is 159 Å². The van der Waals surface area contributed by atoms with Crippen molar-refractivity contribution in [3.63, 3.8) is 0 Å². The van der Waals surface area contributed by atoms with Crippen LogP contribution in [0.2, 0.25) is 0 Å². The topological polar surface area (TPSA) is 57.3 Å². The molecule has 0 saturated carbocycles. The molecule has 3 aromatic rings. The largest absolute Gasteiger partial charge is 0.497 e. The Balaban J connectivity index is 1.34. The van der Waals surface area contributed by atoms with E-state index < -0.39 is 0 Å². The zero-order chi connectivity index (χ0) is 18.6. The first-order valence-corrected chi connectivity index (χ1v) is 9.31. The standard InChI is InChI=1S/C21H25N5O/c1-16-4-3-5-17(14-16)21-22-20(23-24-21)15-25-10-12-26(13-11-25)18-6-8-19(27-2)9-7-18/h3-9,14H,10-13,15H2,1-2H3,(H,22,23,24). The van der Waals surface area contributed by atoms with E-state index in [9.17, 15) is 0 Å². The van der Waals surface area contributed by atoms with Crippen LogP contribution in [0.15, 0.2) is 48.5 Å². The van der Waals surface area contributed by atoms with Gasteiger partial charge in [0.1, 0.15) is 11.6 Å². The predicted octanol–water partition coefficient (Wildman–Crippen LogP) is 3.11. The van der Waals surface area contributed by atoms with Crippen molar-refractivity contribution in [1.29, 1.82) is 0 Å². The number of nitrogens with zero attached hydrogens (tertiary/aromatic N) is 4. The summed E-state index contributed by atoms with van der Waals surface area (Å²) >= 11 is 0. The number of rotatable bonds is 5. The molecule has 2 aromatic carbocycles. The Kier molecular flexibility index (Phi) is 5.07. The van der Waals surface area contributed by atoms with Crippen LogP contribution in [-0.4, -0.2) is 53.4 Å². The maximum absolute atomic E-state index is 5.24. The fourth-order valence-electron chi connectivity index (χ4n) is 3.45. The molecule has 1 aromatic heterocycles. The Hall–Kier alpha value is -2.86. The maximum Gasteiger partial charge on any atom is 0.181 e. The van der Waals surface area contributed by atoms with Crippen molar-refractivity contribution in [2.45, 2.75) is 13.5 Å². The number of ether oxygens (including phenoxy) is 1. The second kappa shape index (κ2) is 7.80. The minimum atomic E-state index is 0.769. The van der Waals surface area contributed by atoms with Crippen molar-refractivity contribution in [1.82, 2.24) is 20.1 Å². The average Bonchev–Trinajstić information content (AvgIpc) is 3.17. The van der Waals surface area contributed by atoms with Crippen molar-refractivity contribution in [3.05, 3.63) is 59.9 Å². The minimum Gasteiger partial charge on any atom is -0.497 e. The molecule has 1 fully saturated rings. The van der Waals surface area contributed by atoms with E-state index in [1.54, 1.807) is 7.11 Å². The Morgan fingerprint density at radius 3 is 2.52 bits per heavy atom. The molecule has 6 nitrogen and oxygen atoms in total. The van der Waals surface area contributed by atoms with E-state index in [0.29, 0.717) is 0 Å². The first-order chi connectivity index (χ1) is 13.2. The van der Waals surface area contributed by atoms with Gasteiger partial charge in [-0.25, -0.2) is 4.98 Å². The number of piperazine rings is 1. The molecule has 0 unspecified atom stereocenters. The Morgan fingerprint density at radius 2 is 1.81 bits per heavy atom. The monoisotopic (exact) mass is 363 g/mol. The van der Waals surface area contributed by atoms with Gasteiger partial charge in [0.25, 0.3) is 0 Å². The van der Waals surface area contributed by atoms with Gasteiger partial charge in [0.2, 0.25) is 0 Å². The van der Waals surface area contributed by atoms with Crippen LogP contribution in [0.4, 0.5) is 5.69 Å². The summed E-state index contributed by atoms with van der Waals surface area (Å²) in [6, 6.07) is 16.6. The number of H-pyrrole nitrogens is 1. The first kappa shape index (κ1) is 17.5. The number of anilines is 1. The number of methoxy groups -OCH3 is 1. The fraction of sp³-hybridized carbons (Fsp3) is 0.333. The average molecular weight is 363 g/mol. The SMILES string of the molecule is COc1ccc(N2CCN(Cc3nc(-c4cccc(C)c4)n[nH]3)CC2)cc1. The van der Waals surface area contributed by atoms with Gasteiger partial charge in [0.15, 0.2) is 5.82 Å². The maximum atomic E-state index is 5.24. The number of nitrogens with one attached hydrogen (secondary N) is 1. The van der Waals surface area contributed by atoms with E-state index in [-0.39, 0.29) is 0 Å². The fourth-order valence-corrected chi connectivity index (χ4v) is 3.45. The molecule has 1 saturated heterocycles. The van der Waals surface area contributed by atoms with Crippen LogP contribution >= 0.6 is 0 Å². The number of hydrogen-bond acceptors (Lipinski definition) is 5. The highest BCUT2D eigenvalue weighted by Gasteiger charge is 2.18. The predicted molar refractivity (Wildman–Crippen MR) is 107 cm³/mol. The summed E-state index contributed by atoms with van der Waals surface area (Å²) in [5.74, 6) is 2.59. The normalized spacial score (nSPS) is 15.1. The summed E-state index contributed by atoms with van der Waals surface area (Å²) < 4.78 is 5.24. The van der Waals surface area contributed by atoms with Crippen molar-refractivity contribution in [2.24, 2.45) is 0 Å². The number of hydrogen-bond donors (Lipinski definition) is 1. The lowest BCUT2D eigenvalue weighted by atomic mass is 10.1. The van der Waals surface area contributed by atoms with Crippen LogP contribution in [0.1, 0.15) is 11.4 Å². The second-order valence-electron chi connectivity index (χ2n) is 6.94. The summed E-state index contributed by atoms with van der Waals surface area (Å²) in [7, 11) is 1.70. The molecule has 1 N–H and O–H groups in total.